The fourth-order valence-electron chi connectivity index (χ4n) is 6.47. The summed E-state index contributed by atoms with van der Waals surface area (Å²) in [5.74, 6) is 2.26. The van der Waals surface area contributed by atoms with E-state index in [2.05, 4.69) is 287 Å². The van der Waals surface area contributed by atoms with Gasteiger partial charge in [-0.3, -0.25) is 14.4 Å². The van der Waals surface area contributed by atoms with E-state index in [-0.39, 0.29) is 39.5 Å². The molecule has 79 heavy (non-hydrogen) atoms. The molecule has 0 amide bonds. The zero-order valence-corrected chi connectivity index (χ0v) is 65.0. The number of nitrogens with one attached hydrogen (secondary N) is 3. The molecule has 6 aromatic carbocycles. The summed E-state index contributed by atoms with van der Waals surface area (Å²) in [5, 5.41) is 65.9. The molecule has 15 nitrogen and oxygen atoms in total. The van der Waals surface area contributed by atoms with E-state index in [0.29, 0.717) is 43.1 Å². The average Bonchev–Trinajstić information content (AvgIpc) is 3.33. The Morgan fingerprint density at radius 2 is 0.595 bits per heavy atom. The zero-order valence-electron chi connectivity index (χ0n) is 39.2. The smallest absolute Gasteiger partial charge is 0.321 e. The lowest BCUT2D eigenvalue weighted by Crippen LogP contribution is -2.38. The van der Waals surface area contributed by atoms with Crippen LogP contribution in [0.5, 0.6) is 51.7 Å². The highest BCUT2D eigenvalue weighted by Crippen LogP contribution is 2.40. The number of benzene rings is 6. The normalized spacial score (nSPS) is 11.6. The molecule has 9 N–H and O–H groups in total. The number of carboxylic acids is 3. The molecule has 0 bridgehead atoms. The van der Waals surface area contributed by atoms with Crippen molar-refractivity contribution in [2.45, 2.75) is 66.6 Å². The Kier molecular flexibility index (Phi) is 37.4. The number of halogens is 12. The number of hydrogen-bond acceptors (Lipinski definition) is 12. The van der Waals surface area contributed by atoms with Gasteiger partial charge >= 0.3 is 17.9 Å². The van der Waals surface area contributed by atoms with Crippen molar-refractivity contribution in [2.24, 2.45) is 0 Å². The second kappa shape index (κ2) is 37.8. The minimum Gasteiger partial charge on any atom is -0.506 e. The number of carbonyl (C=O) groups is 3. The Bertz CT molecular complexity index is 2830. The Balaban J connectivity index is 0.000000582. The number of hydrogen-bond donors (Lipinski definition) is 9. The number of rotatable bonds is 19. The number of likely N-dealkylation sites (N-methyl/N-ethyl adjacent to an activating group) is 3. The van der Waals surface area contributed by atoms with E-state index >= 15 is 0 Å². The summed E-state index contributed by atoms with van der Waals surface area (Å²) in [5.41, 5.74) is 2.80. The van der Waals surface area contributed by atoms with Gasteiger partial charge in [0.15, 0.2) is 17.2 Å². The second-order valence-corrected chi connectivity index (χ2v) is 29.5. The minimum absolute atomic E-state index is 0. The first-order chi connectivity index (χ1) is 35.7. The molecule has 0 aliphatic rings. The Morgan fingerprint density at radius 3 is 0.772 bits per heavy atom. The predicted octanol–water partition coefficient (Wildman–Crippen LogP) is 16.8. The molecular formula is C52H53I12N3O12. The third-order valence-electron chi connectivity index (χ3n) is 10.2. The summed E-state index contributed by atoms with van der Waals surface area (Å²) >= 11 is 25.5. The maximum atomic E-state index is 11.4. The largest absolute Gasteiger partial charge is 0.506 e. The summed E-state index contributed by atoms with van der Waals surface area (Å²) in [6.45, 7) is 2.49. The summed E-state index contributed by atoms with van der Waals surface area (Å²) in [6.07, 6.45) is 1.20. The van der Waals surface area contributed by atoms with Crippen LogP contribution in [0.25, 0.3) is 0 Å². The number of carboxylic acid groups (broad SMARTS) is 3. The molecule has 0 radical (unpaired) electrons. The minimum atomic E-state index is -0.874. The quantitative estimate of drug-likeness (QED) is 0.0343. The number of ether oxygens (including phenoxy) is 3. The van der Waals surface area contributed by atoms with Crippen molar-refractivity contribution in [2.75, 3.05) is 20.6 Å². The molecule has 0 fully saturated rings. The fourth-order valence-corrected chi connectivity index (χ4v) is 18.0. The highest BCUT2D eigenvalue weighted by Gasteiger charge is 2.22. The van der Waals surface area contributed by atoms with Gasteiger partial charge in [-0.15, -0.1) is 0 Å². The van der Waals surface area contributed by atoms with Gasteiger partial charge in [-0.05, 0) is 400 Å². The van der Waals surface area contributed by atoms with Gasteiger partial charge in [0, 0.05) is 0 Å². The van der Waals surface area contributed by atoms with E-state index in [1.54, 1.807) is 50.5 Å². The molecule has 0 aliphatic carbocycles. The average molecular weight is 2430 g/mol. The maximum absolute atomic E-state index is 11.4. The summed E-state index contributed by atoms with van der Waals surface area (Å²) in [6, 6.07) is 20.4. The van der Waals surface area contributed by atoms with Crippen LogP contribution in [0.3, 0.4) is 0 Å². The van der Waals surface area contributed by atoms with Gasteiger partial charge in [0.2, 0.25) is 0 Å². The highest BCUT2D eigenvalue weighted by molar-refractivity contribution is 14.1. The molecule has 0 spiro atoms. The van der Waals surface area contributed by atoms with Gasteiger partial charge in [0.05, 0.1) is 42.8 Å². The third-order valence-corrected chi connectivity index (χ3v) is 19.9. The van der Waals surface area contributed by atoms with Crippen molar-refractivity contribution < 1.29 is 59.2 Å². The van der Waals surface area contributed by atoms with Gasteiger partial charge in [0.1, 0.15) is 52.6 Å². The lowest BCUT2D eigenvalue weighted by molar-refractivity contribution is -0.140. The SMILES string of the molecule is C.C.C.CCNC(Cc1cc(I)c(Oc2cc(I)c(O)c(I)c2)c(I)c1)C(=O)O.CNC(Cc1cc(I)c(Oc2cc(I)c(O)c(I)c2)c(I)c1)C(=O)O.CNC(Cc1cc(I)c(Oc2cc(I)c(O)c(I)c2)c(I)c1)C(=O)O. The number of phenolic OH excluding ortho intramolecular Hbond substituents is 3. The summed E-state index contributed by atoms with van der Waals surface area (Å²) < 4.78 is 27.8. The van der Waals surface area contributed by atoms with Crippen molar-refractivity contribution in [3.63, 3.8) is 0 Å². The van der Waals surface area contributed by atoms with Crippen LogP contribution < -0.4 is 30.2 Å². The Labute approximate surface area is 624 Å². The lowest BCUT2D eigenvalue weighted by Gasteiger charge is -2.16. The van der Waals surface area contributed by atoms with Gasteiger partial charge < -0.3 is 60.8 Å². The second-order valence-electron chi connectivity index (χ2n) is 15.6. The van der Waals surface area contributed by atoms with Crippen molar-refractivity contribution in [3.05, 3.63) is 132 Å². The van der Waals surface area contributed by atoms with Crippen LogP contribution in [-0.4, -0.2) is 87.3 Å². The van der Waals surface area contributed by atoms with E-state index < -0.39 is 36.0 Å². The molecular weight excluding hydrogens is 2380 g/mol. The van der Waals surface area contributed by atoms with Crippen LogP contribution in [0.15, 0.2) is 72.8 Å². The molecule has 432 valence electrons. The zero-order chi connectivity index (χ0) is 56.9. The number of phenols is 3. The van der Waals surface area contributed by atoms with E-state index in [0.717, 1.165) is 76.8 Å². The maximum Gasteiger partial charge on any atom is 0.321 e. The first-order valence-electron chi connectivity index (χ1n) is 21.5. The molecule has 6 aromatic rings. The summed E-state index contributed by atoms with van der Waals surface area (Å²) in [7, 11) is 3.28. The molecule has 6 rings (SSSR count). The van der Waals surface area contributed by atoms with Crippen LogP contribution in [0, 0.1) is 42.8 Å². The highest BCUT2D eigenvalue weighted by atomic mass is 127. The van der Waals surface area contributed by atoms with E-state index in [4.69, 9.17) is 14.2 Å². The number of aromatic hydroxyl groups is 3. The topological polar surface area (TPSA) is 236 Å². The van der Waals surface area contributed by atoms with Crippen LogP contribution in [0.2, 0.25) is 0 Å². The molecule has 0 saturated heterocycles. The van der Waals surface area contributed by atoms with Gasteiger partial charge in [-0.1, -0.05) is 29.2 Å². The van der Waals surface area contributed by atoms with Gasteiger partial charge in [0.25, 0.3) is 0 Å². The molecule has 3 atom stereocenters. The van der Waals surface area contributed by atoms with E-state index in [1.165, 1.54) is 0 Å². The van der Waals surface area contributed by atoms with Crippen LogP contribution >= 0.6 is 271 Å². The number of aliphatic carboxylic acids is 3. The van der Waals surface area contributed by atoms with Gasteiger partial charge in [-0.25, -0.2) is 0 Å². The van der Waals surface area contributed by atoms with Crippen LogP contribution in [-0.2, 0) is 33.6 Å². The Morgan fingerprint density at radius 1 is 0.392 bits per heavy atom. The first kappa shape index (κ1) is 78.2. The van der Waals surface area contributed by atoms with Crippen LogP contribution in [0.4, 0.5) is 0 Å². The van der Waals surface area contributed by atoms with E-state index in [1.807, 2.05) is 43.3 Å². The molecule has 27 heteroatoms. The van der Waals surface area contributed by atoms with Crippen molar-refractivity contribution >= 4 is 289 Å². The standard InChI is InChI=1S/C17H15I4NO4.2C16H13I4NO4.3CH4/c1-2-22-14(17(24)25)5-8-3-12(20)16(13(21)4-8)26-9-6-10(18)15(23)11(19)7-9;2*1-21-13(16(23)24)4-7-2-11(19)15(12(20)3-7)25-8-5-9(17)14(22)10(18)6-8;;;/h3-4,6-7,14,22-23H,2,5H2,1H3,(H,24,25);2*2-3,5-6,13,21-22H,4H2,1H3,(H,23,24);3*1H4. The first-order valence-corrected chi connectivity index (χ1v) is 34.4. The van der Waals surface area contributed by atoms with Gasteiger partial charge in [-0.2, -0.15) is 0 Å². The molecule has 3 unspecified atom stereocenters. The molecule has 0 saturated carbocycles. The van der Waals surface area contributed by atoms with Crippen molar-refractivity contribution in [1.82, 2.24) is 16.0 Å². The van der Waals surface area contributed by atoms with E-state index in [9.17, 15) is 45.0 Å². The van der Waals surface area contributed by atoms with Crippen LogP contribution in [0.1, 0.15) is 45.9 Å². The molecule has 0 aliphatic heterocycles. The Hall–Kier alpha value is 1.17. The molecule has 0 heterocycles. The monoisotopic (exact) mass is 2430 g/mol. The van der Waals surface area contributed by atoms with Crippen molar-refractivity contribution in [1.29, 1.82) is 0 Å². The lowest BCUT2D eigenvalue weighted by atomic mass is 10.1. The predicted molar refractivity (Wildman–Crippen MR) is 414 cm³/mol. The summed E-state index contributed by atoms with van der Waals surface area (Å²) in [4.78, 5) is 33.7. The molecule has 0 aromatic heterocycles. The fraction of sp³-hybridized carbons (Fsp3) is 0.250. The van der Waals surface area contributed by atoms with Crippen molar-refractivity contribution in [3.8, 4) is 51.7 Å². The third kappa shape index (κ3) is 24.0.